The van der Waals surface area contributed by atoms with Crippen molar-refractivity contribution in [3.05, 3.63) is 0 Å². The topological polar surface area (TPSA) is 95.5 Å². The molecular weight excluding hydrogens is 248 g/mol. The predicted molar refractivity (Wildman–Crippen MR) is 71.6 cm³/mol. The monoisotopic (exact) mass is 272 g/mol. The number of carbonyl (C=O) groups excluding carboxylic acids is 2. The summed E-state index contributed by atoms with van der Waals surface area (Å²) in [6, 6.07) is -0.874. The molecule has 0 saturated heterocycles. The molecule has 2 amide bonds. The molecule has 0 unspecified atom stereocenters. The molecule has 110 valence electrons. The molecule has 0 radical (unpaired) electrons. The van der Waals surface area contributed by atoms with E-state index in [0.29, 0.717) is 13.0 Å². The Bertz CT molecular complexity index is 316. The van der Waals surface area contributed by atoms with E-state index >= 15 is 0 Å². The van der Waals surface area contributed by atoms with Crippen molar-refractivity contribution in [1.82, 2.24) is 10.6 Å². The fourth-order valence-electron chi connectivity index (χ4n) is 1.52. The van der Waals surface area contributed by atoms with Gasteiger partial charge in [-0.15, -0.1) is 0 Å². The summed E-state index contributed by atoms with van der Waals surface area (Å²) in [5.74, 6) is -1.61. The molecule has 1 atom stereocenters. The van der Waals surface area contributed by atoms with Gasteiger partial charge in [-0.2, -0.15) is 0 Å². The number of carboxylic acid groups (broad SMARTS) is 1. The van der Waals surface area contributed by atoms with E-state index in [2.05, 4.69) is 10.6 Å². The zero-order valence-corrected chi connectivity index (χ0v) is 11.9. The van der Waals surface area contributed by atoms with Gasteiger partial charge in [0.2, 0.25) is 11.8 Å². The van der Waals surface area contributed by atoms with Crippen molar-refractivity contribution in [2.75, 3.05) is 6.54 Å². The highest BCUT2D eigenvalue weighted by Gasteiger charge is 2.22. The van der Waals surface area contributed by atoms with E-state index in [9.17, 15) is 14.4 Å². The molecule has 0 rings (SSSR count). The molecule has 0 aromatic carbocycles. The molecule has 0 spiro atoms. The predicted octanol–water partition coefficient (Wildman–Crippen LogP) is 0.908. The first-order valence-corrected chi connectivity index (χ1v) is 6.67. The van der Waals surface area contributed by atoms with Crippen LogP contribution in [-0.4, -0.2) is 35.5 Å². The van der Waals surface area contributed by atoms with Crippen molar-refractivity contribution in [2.24, 2.45) is 5.92 Å². The number of aliphatic carboxylic acids is 1. The van der Waals surface area contributed by atoms with Crippen LogP contribution in [0.15, 0.2) is 0 Å². The first kappa shape index (κ1) is 17.4. The van der Waals surface area contributed by atoms with Crippen molar-refractivity contribution in [2.45, 2.75) is 52.5 Å². The SMILES string of the molecule is CCCNC(=O)CCCC(=O)N[C@H](C(=O)O)C(C)C. The number of carbonyl (C=O) groups is 3. The van der Waals surface area contributed by atoms with Crippen LogP contribution >= 0.6 is 0 Å². The molecule has 0 aliphatic rings. The van der Waals surface area contributed by atoms with Gasteiger partial charge in [0.05, 0.1) is 0 Å². The molecule has 3 N–H and O–H groups in total. The van der Waals surface area contributed by atoms with Crippen molar-refractivity contribution >= 4 is 17.8 Å². The third-order valence-electron chi connectivity index (χ3n) is 2.63. The van der Waals surface area contributed by atoms with Gasteiger partial charge in [0.1, 0.15) is 6.04 Å². The molecule has 0 aliphatic carbocycles. The molecule has 0 saturated carbocycles. The van der Waals surface area contributed by atoms with Gasteiger partial charge in [0.25, 0.3) is 0 Å². The van der Waals surface area contributed by atoms with Crippen LogP contribution in [0.1, 0.15) is 46.5 Å². The molecule has 6 heteroatoms. The molecule has 0 heterocycles. The summed E-state index contributed by atoms with van der Waals surface area (Å²) in [5.41, 5.74) is 0. The Kier molecular flexibility index (Phi) is 8.57. The highest BCUT2D eigenvalue weighted by Crippen LogP contribution is 2.03. The van der Waals surface area contributed by atoms with E-state index in [0.717, 1.165) is 6.42 Å². The lowest BCUT2D eigenvalue weighted by Crippen LogP contribution is -2.44. The summed E-state index contributed by atoms with van der Waals surface area (Å²) >= 11 is 0. The Hall–Kier alpha value is -1.59. The Morgan fingerprint density at radius 2 is 1.68 bits per heavy atom. The van der Waals surface area contributed by atoms with Crippen LogP contribution in [0, 0.1) is 5.92 Å². The number of carboxylic acids is 1. The summed E-state index contributed by atoms with van der Waals surface area (Å²) in [7, 11) is 0. The molecular formula is C13H24N2O4. The molecule has 0 fully saturated rings. The van der Waals surface area contributed by atoms with Gasteiger partial charge in [-0.25, -0.2) is 4.79 Å². The van der Waals surface area contributed by atoms with E-state index in [1.807, 2.05) is 6.92 Å². The maximum absolute atomic E-state index is 11.6. The summed E-state index contributed by atoms with van der Waals surface area (Å²) in [6.07, 6.45) is 1.75. The van der Waals surface area contributed by atoms with E-state index in [-0.39, 0.29) is 30.6 Å². The van der Waals surface area contributed by atoms with Gasteiger partial charge in [0, 0.05) is 19.4 Å². The Morgan fingerprint density at radius 3 is 2.16 bits per heavy atom. The third-order valence-corrected chi connectivity index (χ3v) is 2.63. The van der Waals surface area contributed by atoms with Crippen molar-refractivity contribution in [3.63, 3.8) is 0 Å². The zero-order chi connectivity index (χ0) is 14.8. The standard InChI is InChI=1S/C13H24N2O4/c1-4-8-14-10(16)6-5-7-11(17)15-12(9(2)3)13(18)19/h9,12H,4-8H2,1-3H3,(H,14,16)(H,15,17)(H,18,19)/t12-/m0/s1. The lowest BCUT2D eigenvalue weighted by Gasteiger charge is -2.17. The maximum atomic E-state index is 11.6. The summed E-state index contributed by atoms with van der Waals surface area (Å²) in [6.45, 7) is 6.07. The molecule has 19 heavy (non-hydrogen) atoms. The quantitative estimate of drug-likeness (QED) is 0.581. The largest absolute Gasteiger partial charge is 0.480 e. The minimum Gasteiger partial charge on any atom is -0.480 e. The van der Waals surface area contributed by atoms with Crippen LogP contribution in [0.5, 0.6) is 0 Å². The Labute approximate surface area is 113 Å². The highest BCUT2D eigenvalue weighted by atomic mass is 16.4. The number of hydrogen-bond donors (Lipinski definition) is 3. The second-order valence-electron chi connectivity index (χ2n) is 4.83. The van der Waals surface area contributed by atoms with Gasteiger partial charge in [0.15, 0.2) is 0 Å². The van der Waals surface area contributed by atoms with Gasteiger partial charge in [-0.3, -0.25) is 9.59 Å². The van der Waals surface area contributed by atoms with E-state index in [1.54, 1.807) is 13.8 Å². The normalized spacial score (nSPS) is 12.0. The minimum absolute atomic E-state index is 0.0757. The van der Waals surface area contributed by atoms with Crippen molar-refractivity contribution < 1.29 is 19.5 Å². The van der Waals surface area contributed by atoms with E-state index in [1.165, 1.54) is 0 Å². The molecule has 0 aliphatic heterocycles. The summed E-state index contributed by atoms with van der Waals surface area (Å²) in [5, 5.41) is 14.1. The smallest absolute Gasteiger partial charge is 0.326 e. The van der Waals surface area contributed by atoms with Crippen LogP contribution < -0.4 is 10.6 Å². The van der Waals surface area contributed by atoms with Crippen LogP contribution in [0.3, 0.4) is 0 Å². The van der Waals surface area contributed by atoms with Gasteiger partial charge in [-0.1, -0.05) is 20.8 Å². The second kappa shape index (κ2) is 9.35. The van der Waals surface area contributed by atoms with Crippen molar-refractivity contribution in [1.29, 1.82) is 0 Å². The summed E-state index contributed by atoms with van der Waals surface area (Å²) in [4.78, 5) is 33.7. The second-order valence-corrected chi connectivity index (χ2v) is 4.83. The van der Waals surface area contributed by atoms with Crippen LogP contribution in [0.25, 0.3) is 0 Å². The molecule has 0 aromatic heterocycles. The first-order chi connectivity index (χ1) is 8.88. The average molecular weight is 272 g/mol. The lowest BCUT2D eigenvalue weighted by atomic mass is 10.0. The zero-order valence-electron chi connectivity index (χ0n) is 11.9. The van der Waals surface area contributed by atoms with Crippen LogP contribution in [-0.2, 0) is 14.4 Å². The van der Waals surface area contributed by atoms with Crippen molar-refractivity contribution in [3.8, 4) is 0 Å². The van der Waals surface area contributed by atoms with Crippen LogP contribution in [0.4, 0.5) is 0 Å². The van der Waals surface area contributed by atoms with Gasteiger partial charge < -0.3 is 15.7 Å². The van der Waals surface area contributed by atoms with E-state index in [4.69, 9.17) is 5.11 Å². The van der Waals surface area contributed by atoms with E-state index < -0.39 is 12.0 Å². The average Bonchev–Trinajstić information content (AvgIpc) is 2.32. The molecule has 6 nitrogen and oxygen atoms in total. The fraction of sp³-hybridized carbons (Fsp3) is 0.769. The first-order valence-electron chi connectivity index (χ1n) is 6.67. The summed E-state index contributed by atoms with van der Waals surface area (Å²) < 4.78 is 0. The van der Waals surface area contributed by atoms with Crippen LogP contribution in [0.2, 0.25) is 0 Å². The minimum atomic E-state index is -1.04. The molecule has 0 bridgehead atoms. The number of rotatable bonds is 9. The number of amides is 2. The third kappa shape index (κ3) is 8.18. The highest BCUT2D eigenvalue weighted by molar-refractivity contribution is 5.84. The van der Waals surface area contributed by atoms with Gasteiger partial charge >= 0.3 is 5.97 Å². The lowest BCUT2D eigenvalue weighted by molar-refractivity contribution is -0.143. The maximum Gasteiger partial charge on any atom is 0.326 e. The molecule has 0 aromatic rings. The Balaban J connectivity index is 3.92. The Morgan fingerprint density at radius 1 is 1.11 bits per heavy atom. The fourth-order valence-corrected chi connectivity index (χ4v) is 1.52. The number of hydrogen-bond acceptors (Lipinski definition) is 3. The van der Waals surface area contributed by atoms with Gasteiger partial charge in [-0.05, 0) is 18.8 Å². The number of nitrogens with one attached hydrogen (secondary N) is 2.